The Morgan fingerprint density at radius 2 is 1.74 bits per heavy atom. The summed E-state index contributed by atoms with van der Waals surface area (Å²) in [6.07, 6.45) is 0.945. The van der Waals surface area contributed by atoms with Crippen molar-refractivity contribution in [3.05, 3.63) is 77.9 Å². The molecule has 2 amide bonds. The maximum Gasteiger partial charge on any atom is 0.313 e. The second kappa shape index (κ2) is 9.58. The van der Waals surface area contributed by atoms with Gasteiger partial charge in [-0.15, -0.1) is 0 Å². The number of amides is 2. The highest BCUT2D eigenvalue weighted by molar-refractivity contribution is 6.39. The lowest BCUT2D eigenvalue weighted by atomic mass is 10.0. The van der Waals surface area contributed by atoms with Crippen LogP contribution < -0.4 is 29.9 Å². The van der Waals surface area contributed by atoms with Gasteiger partial charge in [0.1, 0.15) is 0 Å². The molecule has 3 aromatic carbocycles. The van der Waals surface area contributed by atoms with Crippen LogP contribution in [0, 0.1) is 0 Å². The van der Waals surface area contributed by atoms with Crippen molar-refractivity contribution < 1.29 is 19.1 Å². The number of anilines is 3. The van der Waals surface area contributed by atoms with E-state index >= 15 is 0 Å². The van der Waals surface area contributed by atoms with Crippen molar-refractivity contribution in [1.82, 2.24) is 5.32 Å². The summed E-state index contributed by atoms with van der Waals surface area (Å²) in [5.41, 5.74) is 5.09. The van der Waals surface area contributed by atoms with E-state index in [9.17, 15) is 9.59 Å². The minimum atomic E-state index is -0.729. The molecular weight excluding hydrogens is 444 g/mol. The lowest BCUT2D eigenvalue weighted by molar-refractivity contribution is -0.136. The maximum absolute atomic E-state index is 12.7. The minimum absolute atomic E-state index is 0.114. The van der Waals surface area contributed by atoms with E-state index < -0.39 is 11.8 Å². The van der Waals surface area contributed by atoms with Crippen LogP contribution in [0.15, 0.2) is 66.7 Å². The number of hydrogen-bond acceptors (Lipinski definition) is 6. The maximum atomic E-state index is 12.7. The first kappa shape index (κ1) is 22.6. The molecule has 0 bridgehead atoms. The van der Waals surface area contributed by atoms with E-state index in [1.807, 2.05) is 31.1 Å². The van der Waals surface area contributed by atoms with Crippen LogP contribution in [0.3, 0.4) is 0 Å². The summed E-state index contributed by atoms with van der Waals surface area (Å²) in [6.45, 7) is 1.28. The average molecular weight is 473 g/mol. The van der Waals surface area contributed by atoms with E-state index in [-0.39, 0.29) is 12.8 Å². The fourth-order valence-electron chi connectivity index (χ4n) is 4.52. The molecule has 1 atom stereocenters. The number of fused-ring (bicyclic) bond motifs is 2. The highest BCUT2D eigenvalue weighted by Crippen LogP contribution is 2.36. The molecule has 0 saturated heterocycles. The number of benzene rings is 3. The molecule has 0 spiro atoms. The molecule has 0 fully saturated rings. The third-order valence-electron chi connectivity index (χ3n) is 6.39. The summed E-state index contributed by atoms with van der Waals surface area (Å²) < 4.78 is 10.6. The zero-order valence-corrected chi connectivity index (χ0v) is 19.8. The monoisotopic (exact) mass is 472 g/mol. The predicted molar refractivity (Wildman–Crippen MR) is 135 cm³/mol. The van der Waals surface area contributed by atoms with E-state index in [1.54, 1.807) is 18.2 Å². The number of hydrogen-bond donors (Lipinski definition) is 2. The summed E-state index contributed by atoms with van der Waals surface area (Å²) in [4.78, 5) is 29.7. The van der Waals surface area contributed by atoms with Gasteiger partial charge in [0.25, 0.3) is 0 Å². The minimum Gasteiger partial charge on any atom is -0.454 e. The Morgan fingerprint density at radius 3 is 2.54 bits per heavy atom. The number of carbonyl (C=O) groups excluding carboxylic acids is 2. The summed E-state index contributed by atoms with van der Waals surface area (Å²) in [7, 11) is 4.00. The lowest BCUT2D eigenvalue weighted by Gasteiger charge is -2.31. The zero-order chi connectivity index (χ0) is 24.4. The summed E-state index contributed by atoms with van der Waals surface area (Å²) in [5, 5.41) is 5.47. The van der Waals surface area contributed by atoms with E-state index in [2.05, 4.69) is 51.9 Å². The first-order valence-electron chi connectivity index (χ1n) is 11.6. The smallest absolute Gasteiger partial charge is 0.313 e. The Hall–Kier alpha value is -4.20. The van der Waals surface area contributed by atoms with Crippen LogP contribution >= 0.6 is 0 Å². The molecule has 0 aliphatic carbocycles. The van der Waals surface area contributed by atoms with Crippen LogP contribution in [0.4, 0.5) is 17.1 Å². The standard InChI is InChI=1S/C27H28N4O4/c1-30(2)21-10-7-19(8-11-21)23(31-14-13-18-5-3-4-6-22(18)31)16-28-26(32)27(33)29-20-9-12-24-25(15-20)35-17-34-24/h3-12,15,23H,13-14,16-17H2,1-2H3,(H,28,32)(H,29,33)/t23-/m1/s1. The lowest BCUT2D eigenvalue weighted by Crippen LogP contribution is -2.41. The Balaban J connectivity index is 1.31. The third-order valence-corrected chi connectivity index (χ3v) is 6.39. The van der Waals surface area contributed by atoms with Gasteiger partial charge in [-0.05, 0) is 47.9 Å². The number of rotatable bonds is 6. The summed E-state index contributed by atoms with van der Waals surface area (Å²) in [6, 6.07) is 21.5. The van der Waals surface area contributed by atoms with Crippen LogP contribution in [-0.4, -0.2) is 45.8 Å². The molecule has 0 aromatic heterocycles. The number of nitrogens with one attached hydrogen (secondary N) is 2. The van der Waals surface area contributed by atoms with Gasteiger partial charge in [0, 0.05) is 50.3 Å². The molecule has 2 N–H and O–H groups in total. The van der Waals surface area contributed by atoms with Crippen molar-refractivity contribution in [3.63, 3.8) is 0 Å². The topological polar surface area (TPSA) is 83.1 Å². The first-order chi connectivity index (χ1) is 17.0. The Bertz CT molecular complexity index is 1240. The van der Waals surface area contributed by atoms with Gasteiger partial charge < -0.3 is 29.9 Å². The fourth-order valence-corrected chi connectivity index (χ4v) is 4.52. The van der Waals surface area contributed by atoms with Crippen LogP contribution in [-0.2, 0) is 16.0 Å². The molecule has 2 heterocycles. The van der Waals surface area contributed by atoms with Gasteiger partial charge in [0.05, 0.1) is 6.04 Å². The SMILES string of the molecule is CN(C)c1ccc([C@@H](CNC(=O)C(=O)Nc2ccc3c(c2)OCO3)N2CCc3ccccc32)cc1. The van der Waals surface area contributed by atoms with Crippen LogP contribution in [0.25, 0.3) is 0 Å². The average Bonchev–Trinajstić information content (AvgIpc) is 3.51. The molecule has 35 heavy (non-hydrogen) atoms. The molecule has 180 valence electrons. The molecule has 5 rings (SSSR count). The quantitative estimate of drug-likeness (QED) is 0.536. The number of para-hydroxylation sites is 1. The summed E-state index contributed by atoms with van der Waals surface area (Å²) in [5.74, 6) is -0.268. The van der Waals surface area contributed by atoms with Crippen molar-refractivity contribution in [3.8, 4) is 11.5 Å². The van der Waals surface area contributed by atoms with Crippen LogP contribution in [0.2, 0.25) is 0 Å². The van der Waals surface area contributed by atoms with Crippen molar-refractivity contribution in [2.24, 2.45) is 0 Å². The molecular formula is C27H28N4O4. The van der Waals surface area contributed by atoms with Gasteiger partial charge in [0.15, 0.2) is 11.5 Å². The molecule has 2 aliphatic heterocycles. The molecule has 8 heteroatoms. The fraction of sp³-hybridized carbons (Fsp3) is 0.259. The van der Waals surface area contributed by atoms with Gasteiger partial charge >= 0.3 is 11.8 Å². The van der Waals surface area contributed by atoms with Gasteiger partial charge in [-0.1, -0.05) is 30.3 Å². The molecule has 3 aromatic rings. The summed E-state index contributed by atoms with van der Waals surface area (Å²) >= 11 is 0. The number of ether oxygens (including phenoxy) is 2. The van der Waals surface area contributed by atoms with Crippen LogP contribution in [0.1, 0.15) is 17.2 Å². The largest absolute Gasteiger partial charge is 0.454 e. The molecule has 0 saturated carbocycles. The Morgan fingerprint density at radius 1 is 0.971 bits per heavy atom. The number of carbonyl (C=O) groups is 2. The normalized spacial score (nSPS) is 14.3. The van der Waals surface area contributed by atoms with E-state index in [4.69, 9.17) is 9.47 Å². The van der Waals surface area contributed by atoms with E-state index in [0.29, 0.717) is 23.7 Å². The van der Waals surface area contributed by atoms with Crippen LogP contribution in [0.5, 0.6) is 11.5 Å². The Labute approximate surface area is 204 Å². The first-order valence-corrected chi connectivity index (χ1v) is 11.6. The molecule has 0 radical (unpaired) electrons. The third kappa shape index (κ3) is 4.73. The van der Waals surface area contributed by atoms with Gasteiger partial charge in [0.2, 0.25) is 6.79 Å². The van der Waals surface area contributed by atoms with Crippen molar-refractivity contribution in [1.29, 1.82) is 0 Å². The van der Waals surface area contributed by atoms with Gasteiger partial charge in [-0.2, -0.15) is 0 Å². The predicted octanol–water partition coefficient (Wildman–Crippen LogP) is 3.34. The van der Waals surface area contributed by atoms with Gasteiger partial charge in [-0.25, -0.2) is 0 Å². The highest BCUT2D eigenvalue weighted by Gasteiger charge is 2.28. The zero-order valence-electron chi connectivity index (χ0n) is 19.8. The van der Waals surface area contributed by atoms with E-state index in [1.165, 1.54) is 5.56 Å². The Kier molecular flexibility index (Phi) is 6.18. The van der Waals surface area contributed by atoms with Crippen molar-refractivity contribution >= 4 is 28.9 Å². The van der Waals surface area contributed by atoms with E-state index in [0.717, 1.165) is 29.9 Å². The second-order valence-electron chi connectivity index (χ2n) is 8.81. The molecule has 2 aliphatic rings. The molecule has 8 nitrogen and oxygen atoms in total. The van der Waals surface area contributed by atoms with Crippen molar-refractivity contribution in [2.75, 3.05) is 49.1 Å². The van der Waals surface area contributed by atoms with Gasteiger partial charge in [-0.3, -0.25) is 9.59 Å². The number of nitrogens with zero attached hydrogens (tertiary/aromatic N) is 2. The molecule has 0 unspecified atom stereocenters. The second-order valence-corrected chi connectivity index (χ2v) is 8.81. The highest BCUT2D eigenvalue weighted by atomic mass is 16.7. The van der Waals surface area contributed by atoms with Crippen molar-refractivity contribution in [2.45, 2.75) is 12.5 Å².